The van der Waals surface area contributed by atoms with Crippen molar-refractivity contribution in [2.24, 2.45) is 5.16 Å². The molecule has 4 rings (SSSR count). The van der Waals surface area contributed by atoms with E-state index >= 15 is 0 Å². The lowest BCUT2D eigenvalue weighted by atomic mass is 10.1. The molecule has 1 aliphatic carbocycles. The normalized spacial score (nSPS) is 14.0. The van der Waals surface area contributed by atoms with Crippen LogP contribution in [0.4, 0.5) is 5.13 Å². The molecule has 0 radical (unpaired) electrons. The summed E-state index contributed by atoms with van der Waals surface area (Å²) in [5, 5.41) is 7.15. The number of amides is 1. The molecule has 1 aromatic carbocycles. The Hall–Kier alpha value is -3.12. The lowest BCUT2D eigenvalue weighted by Crippen LogP contribution is -2.24. The minimum absolute atomic E-state index is 0.0115. The van der Waals surface area contributed by atoms with Crippen LogP contribution in [0.3, 0.4) is 0 Å². The van der Waals surface area contributed by atoms with Crippen molar-refractivity contribution in [3.05, 3.63) is 76.2 Å². The van der Waals surface area contributed by atoms with E-state index in [0.717, 1.165) is 4.88 Å². The zero-order valence-electron chi connectivity index (χ0n) is 16.4. The topological polar surface area (TPSA) is 130 Å². The summed E-state index contributed by atoms with van der Waals surface area (Å²) in [5.74, 6) is -0.0869. The van der Waals surface area contributed by atoms with Crippen LogP contribution in [0.15, 0.2) is 70.0 Å². The Labute approximate surface area is 183 Å². The fraction of sp³-hybridized carbons (Fsp3) is 0.150. The van der Waals surface area contributed by atoms with Crippen molar-refractivity contribution < 1.29 is 18.7 Å². The average molecular weight is 458 g/mol. The average Bonchev–Trinajstić information content (AvgIpc) is 3.56. The van der Waals surface area contributed by atoms with E-state index in [1.165, 1.54) is 11.3 Å². The maximum absolute atomic E-state index is 12.9. The third-order valence-electron chi connectivity index (χ3n) is 4.22. The number of carbonyl (C=O) groups excluding carboxylic acids is 1. The summed E-state index contributed by atoms with van der Waals surface area (Å²) < 4.78 is 20.7. The van der Waals surface area contributed by atoms with Crippen molar-refractivity contribution in [1.29, 1.82) is 0 Å². The summed E-state index contributed by atoms with van der Waals surface area (Å²) >= 11 is 1.34. The van der Waals surface area contributed by atoms with Crippen LogP contribution in [0.1, 0.15) is 22.7 Å². The number of oxime groups is 1. The molecule has 0 saturated carbocycles. The summed E-state index contributed by atoms with van der Waals surface area (Å²) in [6.07, 6.45) is 7.20. The lowest BCUT2D eigenvalue weighted by molar-refractivity contribution is -0.110. The van der Waals surface area contributed by atoms with Crippen molar-refractivity contribution in [3.8, 4) is 0 Å². The highest BCUT2D eigenvalue weighted by Gasteiger charge is 2.27. The van der Waals surface area contributed by atoms with Gasteiger partial charge in [-0.15, -0.1) is 21.9 Å². The zero-order valence-corrected chi connectivity index (χ0v) is 18.1. The number of aryl methyl sites for hydroxylation is 1. The summed E-state index contributed by atoms with van der Waals surface area (Å²) in [6, 6.07) is 8.02. The van der Waals surface area contributed by atoms with Gasteiger partial charge in [0.05, 0.1) is 4.90 Å². The van der Waals surface area contributed by atoms with Crippen LogP contribution in [-0.2, 0) is 16.2 Å². The van der Waals surface area contributed by atoms with Gasteiger partial charge >= 0.3 is 0 Å². The molecular formula is C20H19N5O4S2. The number of hydrogen-bond acceptors (Lipinski definition) is 9. The molecule has 0 spiro atoms. The standard InChI is InChI=1S/C20H19N5O4S2/c1-13-11-23-20(30-13)24-19(26)18(25-29-12-17-21-9-2-10-22-17)14-3-5-15(6-4-14)31(27,28)16-7-8-16/h2-7,9-11,27-28H,8,12H2,1H3,(H,23,24,26). The number of nitrogens with one attached hydrogen (secondary N) is 1. The lowest BCUT2D eigenvalue weighted by Gasteiger charge is -2.30. The smallest absolute Gasteiger partial charge is 0.280 e. The van der Waals surface area contributed by atoms with Crippen LogP contribution < -0.4 is 5.32 Å². The first-order valence-corrected chi connectivity index (χ1v) is 11.6. The fourth-order valence-electron chi connectivity index (χ4n) is 2.58. The quantitative estimate of drug-likeness (QED) is 0.341. The predicted molar refractivity (Wildman–Crippen MR) is 119 cm³/mol. The predicted octanol–water partition coefficient (Wildman–Crippen LogP) is 4.20. The number of rotatable bonds is 8. The van der Waals surface area contributed by atoms with Crippen LogP contribution in [0.25, 0.3) is 0 Å². The van der Waals surface area contributed by atoms with Crippen molar-refractivity contribution in [2.75, 3.05) is 5.32 Å². The first-order chi connectivity index (χ1) is 14.9. The Kier molecular flexibility index (Phi) is 6.09. The Balaban J connectivity index is 1.57. The number of hydrogen-bond donors (Lipinski definition) is 3. The highest BCUT2D eigenvalue weighted by atomic mass is 32.3. The molecule has 0 unspecified atom stereocenters. The van der Waals surface area contributed by atoms with E-state index in [2.05, 4.69) is 25.4 Å². The molecule has 0 aliphatic heterocycles. The number of anilines is 1. The number of allylic oxidation sites excluding steroid dienone is 2. The molecule has 2 heterocycles. The summed E-state index contributed by atoms with van der Waals surface area (Å²) in [4.78, 5) is 32.4. The third kappa shape index (κ3) is 5.14. The van der Waals surface area contributed by atoms with Crippen molar-refractivity contribution in [3.63, 3.8) is 0 Å². The van der Waals surface area contributed by atoms with Gasteiger partial charge in [-0.25, -0.2) is 15.0 Å². The van der Waals surface area contributed by atoms with Crippen LogP contribution in [0, 0.1) is 6.92 Å². The number of nitrogens with zero attached hydrogens (tertiary/aromatic N) is 4. The van der Waals surface area contributed by atoms with Crippen molar-refractivity contribution in [2.45, 2.75) is 24.8 Å². The first kappa shape index (κ1) is 21.1. The molecule has 31 heavy (non-hydrogen) atoms. The van der Waals surface area contributed by atoms with E-state index in [1.807, 2.05) is 6.92 Å². The molecule has 11 heteroatoms. The zero-order chi connectivity index (χ0) is 21.8. The van der Waals surface area contributed by atoms with E-state index < -0.39 is 16.5 Å². The number of aromatic nitrogens is 3. The number of benzene rings is 1. The Morgan fingerprint density at radius 2 is 1.94 bits per heavy atom. The van der Waals surface area contributed by atoms with Gasteiger partial charge in [0, 0.05) is 40.4 Å². The van der Waals surface area contributed by atoms with Gasteiger partial charge in [0.25, 0.3) is 5.91 Å². The molecular weight excluding hydrogens is 438 g/mol. The Morgan fingerprint density at radius 3 is 2.55 bits per heavy atom. The van der Waals surface area contributed by atoms with Gasteiger partial charge < -0.3 is 4.84 Å². The third-order valence-corrected chi connectivity index (χ3v) is 7.04. The molecule has 3 aromatic rings. The van der Waals surface area contributed by atoms with E-state index in [9.17, 15) is 13.9 Å². The van der Waals surface area contributed by atoms with Crippen LogP contribution in [0.2, 0.25) is 0 Å². The SMILES string of the molecule is Cc1cnc(NC(=O)C(=NOCc2ncccn2)c2ccc(S(O)(O)C3=CC3)cc2)s1. The minimum atomic E-state index is -2.96. The largest absolute Gasteiger partial charge is 0.387 e. The first-order valence-electron chi connectivity index (χ1n) is 9.21. The molecule has 3 N–H and O–H groups in total. The highest BCUT2D eigenvalue weighted by Crippen LogP contribution is 2.61. The van der Waals surface area contributed by atoms with Crippen LogP contribution >= 0.6 is 21.9 Å². The second-order valence-electron chi connectivity index (χ2n) is 6.56. The summed E-state index contributed by atoms with van der Waals surface area (Å²) in [7, 11) is -2.96. The molecule has 0 bridgehead atoms. The number of carbonyl (C=O) groups is 1. The van der Waals surface area contributed by atoms with E-state index in [4.69, 9.17) is 4.84 Å². The Bertz CT molecular complexity index is 1140. The van der Waals surface area contributed by atoms with Crippen molar-refractivity contribution in [1.82, 2.24) is 15.0 Å². The molecule has 1 aliphatic rings. The number of thiazole rings is 1. The maximum Gasteiger partial charge on any atom is 0.280 e. The van der Waals surface area contributed by atoms with E-state index in [0.29, 0.717) is 32.7 Å². The van der Waals surface area contributed by atoms with Crippen molar-refractivity contribution >= 4 is 38.7 Å². The molecule has 0 saturated heterocycles. The Morgan fingerprint density at radius 1 is 1.23 bits per heavy atom. The van der Waals surface area contributed by atoms with Crippen LogP contribution in [-0.4, -0.2) is 35.7 Å². The van der Waals surface area contributed by atoms with Gasteiger partial charge in [-0.05, 0) is 25.1 Å². The van der Waals surface area contributed by atoms with E-state index in [-0.39, 0.29) is 12.3 Å². The van der Waals surface area contributed by atoms with Gasteiger partial charge in [-0.2, -0.15) is 0 Å². The van der Waals surface area contributed by atoms with E-state index in [1.54, 1.807) is 55.0 Å². The van der Waals surface area contributed by atoms with Crippen LogP contribution in [0.5, 0.6) is 0 Å². The molecule has 160 valence electrons. The summed E-state index contributed by atoms with van der Waals surface area (Å²) in [6.45, 7) is 1.87. The second-order valence-corrected chi connectivity index (χ2v) is 9.88. The van der Waals surface area contributed by atoms with Gasteiger partial charge in [0.15, 0.2) is 23.3 Å². The minimum Gasteiger partial charge on any atom is -0.387 e. The monoisotopic (exact) mass is 457 g/mol. The fourth-order valence-corrected chi connectivity index (χ4v) is 4.61. The molecule has 9 nitrogen and oxygen atoms in total. The highest BCUT2D eigenvalue weighted by molar-refractivity contribution is 8.27. The van der Waals surface area contributed by atoms with Gasteiger partial charge in [-0.3, -0.25) is 19.2 Å². The maximum atomic E-state index is 12.9. The summed E-state index contributed by atoms with van der Waals surface area (Å²) in [5.41, 5.74) is 0.459. The van der Waals surface area contributed by atoms with Gasteiger partial charge in [0.2, 0.25) is 0 Å². The molecule has 2 aromatic heterocycles. The molecule has 1 amide bonds. The second kappa shape index (κ2) is 8.94. The molecule has 0 fully saturated rings. The molecule has 0 atom stereocenters. The van der Waals surface area contributed by atoms with Gasteiger partial charge in [0.1, 0.15) is 0 Å². The van der Waals surface area contributed by atoms with Gasteiger partial charge in [-0.1, -0.05) is 23.4 Å².